The Labute approximate surface area is 124 Å². The van der Waals surface area contributed by atoms with Crippen molar-refractivity contribution >= 4 is 18.7 Å². The van der Waals surface area contributed by atoms with Gasteiger partial charge < -0.3 is 4.90 Å². The van der Waals surface area contributed by atoms with Gasteiger partial charge in [0.2, 0.25) is 0 Å². The molecule has 0 unspecified atom stereocenters. The third kappa shape index (κ3) is 3.14. The molecule has 1 aromatic carbocycles. The van der Waals surface area contributed by atoms with Crippen molar-refractivity contribution in [1.29, 1.82) is 5.26 Å². The summed E-state index contributed by atoms with van der Waals surface area (Å²) in [5, 5.41) is 9.49. The second kappa shape index (κ2) is 6.49. The molecule has 0 fully saturated rings. The zero-order valence-electron chi connectivity index (χ0n) is 11.4. The van der Waals surface area contributed by atoms with Crippen molar-refractivity contribution < 1.29 is 4.79 Å². The van der Waals surface area contributed by atoms with E-state index in [0.29, 0.717) is 18.1 Å². The molecule has 104 valence electrons. The van der Waals surface area contributed by atoms with E-state index in [1.165, 1.54) is 5.56 Å². The Morgan fingerprint density at radius 1 is 1.35 bits per heavy atom. The lowest BCUT2D eigenvalue weighted by Gasteiger charge is -2.35. The van der Waals surface area contributed by atoms with E-state index in [2.05, 4.69) is 12.6 Å². The van der Waals surface area contributed by atoms with E-state index in [4.69, 9.17) is 5.26 Å². The van der Waals surface area contributed by atoms with Crippen molar-refractivity contribution in [2.24, 2.45) is 0 Å². The first-order valence-electron chi connectivity index (χ1n) is 6.49. The van der Waals surface area contributed by atoms with E-state index in [1.54, 1.807) is 9.80 Å². The molecule has 4 nitrogen and oxygen atoms in total. The Kier molecular flexibility index (Phi) is 4.70. The molecule has 0 bridgehead atoms. The van der Waals surface area contributed by atoms with E-state index < -0.39 is 0 Å². The van der Waals surface area contributed by atoms with Crippen LogP contribution in [0.15, 0.2) is 40.9 Å². The minimum absolute atomic E-state index is 0.110. The molecule has 0 saturated heterocycles. The summed E-state index contributed by atoms with van der Waals surface area (Å²) in [6.45, 7) is 3.10. The highest BCUT2D eigenvalue weighted by Crippen LogP contribution is 2.23. The van der Waals surface area contributed by atoms with Crippen LogP contribution in [0.25, 0.3) is 0 Å². The first kappa shape index (κ1) is 14.5. The minimum atomic E-state index is -0.141. The number of amides is 2. The van der Waals surface area contributed by atoms with Crippen LogP contribution >= 0.6 is 12.6 Å². The molecule has 0 saturated carbocycles. The average Bonchev–Trinajstić information content (AvgIpc) is 2.46. The predicted octanol–water partition coefficient (Wildman–Crippen LogP) is 2.65. The molecule has 5 heteroatoms. The zero-order chi connectivity index (χ0) is 14.5. The molecule has 1 aliphatic heterocycles. The summed E-state index contributed by atoms with van der Waals surface area (Å²) in [5.41, 5.74) is 2.19. The molecular formula is C15H17N3OS. The Bertz CT molecular complexity index is 562. The zero-order valence-corrected chi connectivity index (χ0v) is 12.3. The molecule has 1 heterocycles. The number of rotatable bonds is 4. The predicted molar refractivity (Wildman–Crippen MR) is 81.1 cm³/mol. The van der Waals surface area contributed by atoms with E-state index in [0.717, 1.165) is 12.0 Å². The lowest BCUT2D eigenvalue weighted by Crippen LogP contribution is -2.47. The molecule has 0 aromatic heterocycles. The van der Waals surface area contributed by atoms with Gasteiger partial charge in [-0.05, 0) is 24.5 Å². The van der Waals surface area contributed by atoms with Crippen LogP contribution in [-0.4, -0.2) is 35.5 Å². The Morgan fingerprint density at radius 3 is 2.70 bits per heavy atom. The number of hydrogen-bond donors (Lipinski definition) is 1. The summed E-state index contributed by atoms with van der Waals surface area (Å²) in [7, 11) is 0. The van der Waals surface area contributed by atoms with Crippen LogP contribution in [0.3, 0.4) is 0 Å². The molecule has 0 aliphatic carbocycles. The second-order valence-electron chi connectivity index (χ2n) is 4.79. The number of benzene rings is 1. The standard InChI is InChI=1S/C15H17N3OS/c1-12-11-17(10-8-16)15(19)18(14(12)20)9-7-13-5-3-2-4-6-13/h2-6,20H,7,9-11H2,1H3. The van der Waals surface area contributed by atoms with E-state index >= 15 is 0 Å². The van der Waals surface area contributed by atoms with Gasteiger partial charge in [-0.15, -0.1) is 12.6 Å². The van der Waals surface area contributed by atoms with Crippen LogP contribution in [0.1, 0.15) is 12.5 Å². The highest BCUT2D eigenvalue weighted by Gasteiger charge is 2.28. The molecule has 0 spiro atoms. The fraction of sp³-hybridized carbons (Fsp3) is 0.333. The van der Waals surface area contributed by atoms with E-state index in [1.807, 2.05) is 43.3 Å². The maximum Gasteiger partial charge on any atom is 0.326 e. The highest BCUT2D eigenvalue weighted by molar-refractivity contribution is 7.84. The van der Waals surface area contributed by atoms with Crippen molar-refractivity contribution in [3.8, 4) is 6.07 Å². The molecule has 0 atom stereocenters. The van der Waals surface area contributed by atoms with Crippen LogP contribution in [0.5, 0.6) is 0 Å². The molecule has 1 aromatic rings. The minimum Gasteiger partial charge on any atom is -0.307 e. The van der Waals surface area contributed by atoms with E-state index in [9.17, 15) is 4.79 Å². The number of nitrogens with zero attached hydrogens (tertiary/aromatic N) is 3. The Hall–Kier alpha value is -1.93. The molecule has 2 amide bonds. The SMILES string of the molecule is CC1=C(S)N(CCc2ccccc2)C(=O)N(CC#N)C1. The van der Waals surface area contributed by atoms with Gasteiger partial charge in [0.1, 0.15) is 6.54 Å². The number of thiol groups is 1. The fourth-order valence-electron chi connectivity index (χ4n) is 2.21. The molecule has 0 radical (unpaired) electrons. The van der Waals surface area contributed by atoms with Crippen LogP contribution in [0, 0.1) is 11.3 Å². The topological polar surface area (TPSA) is 47.3 Å². The van der Waals surface area contributed by atoms with Gasteiger partial charge in [-0.1, -0.05) is 30.3 Å². The normalized spacial score (nSPS) is 15.6. The van der Waals surface area contributed by atoms with Gasteiger partial charge in [0, 0.05) is 13.1 Å². The van der Waals surface area contributed by atoms with Crippen LogP contribution in [-0.2, 0) is 6.42 Å². The van der Waals surface area contributed by atoms with E-state index in [-0.39, 0.29) is 12.6 Å². The van der Waals surface area contributed by atoms with Crippen LogP contribution in [0.4, 0.5) is 4.79 Å². The lowest BCUT2D eigenvalue weighted by atomic mass is 10.1. The van der Waals surface area contributed by atoms with Crippen molar-refractivity contribution in [1.82, 2.24) is 9.80 Å². The van der Waals surface area contributed by atoms with Gasteiger partial charge in [-0.25, -0.2) is 4.79 Å². The third-order valence-corrected chi connectivity index (χ3v) is 3.92. The van der Waals surface area contributed by atoms with Crippen molar-refractivity contribution in [3.63, 3.8) is 0 Å². The molecule has 0 N–H and O–H groups in total. The number of urea groups is 1. The summed E-state index contributed by atoms with van der Waals surface area (Å²) in [6, 6.07) is 11.9. The van der Waals surface area contributed by atoms with Gasteiger partial charge in [-0.3, -0.25) is 4.90 Å². The number of nitriles is 1. The average molecular weight is 287 g/mol. The largest absolute Gasteiger partial charge is 0.326 e. The van der Waals surface area contributed by atoms with Gasteiger partial charge >= 0.3 is 6.03 Å². The summed E-state index contributed by atoms with van der Waals surface area (Å²) in [5.74, 6) is 0. The Morgan fingerprint density at radius 2 is 2.05 bits per heavy atom. The number of carbonyl (C=O) groups is 1. The summed E-state index contributed by atoms with van der Waals surface area (Å²) in [4.78, 5) is 15.5. The van der Waals surface area contributed by atoms with Crippen molar-refractivity contribution in [2.45, 2.75) is 13.3 Å². The third-order valence-electron chi connectivity index (χ3n) is 3.30. The maximum atomic E-state index is 12.3. The maximum absolute atomic E-state index is 12.3. The summed E-state index contributed by atoms with van der Waals surface area (Å²) >= 11 is 4.44. The second-order valence-corrected chi connectivity index (χ2v) is 5.21. The Balaban J connectivity index is 2.10. The van der Waals surface area contributed by atoms with Gasteiger partial charge in [0.25, 0.3) is 0 Å². The highest BCUT2D eigenvalue weighted by atomic mass is 32.1. The summed E-state index contributed by atoms with van der Waals surface area (Å²) < 4.78 is 0. The monoisotopic (exact) mass is 287 g/mol. The molecule has 1 aliphatic rings. The lowest BCUT2D eigenvalue weighted by molar-refractivity contribution is 0.170. The number of carbonyl (C=O) groups excluding carboxylic acids is 1. The van der Waals surface area contributed by atoms with Gasteiger partial charge in [-0.2, -0.15) is 5.26 Å². The molecule has 20 heavy (non-hydrogen) atoms. The van der Waals surface area contributed by atoms with Gasteiger partial charge in [0.15, 0.2) is 0 Å². The van der Waals surface area contributed by atoms with Crippen LogP contribution in [0.2, 0.25) is 0 Å². The smallest absolute Gasteiger partial charge is 0.307 e. The van der Waals surface area contributed by atoms with Crippen molar-refractivity contribution in [3.05, 3.63) is 46.5 Å². The number of hydrogen-bond acceptors (Lipinski definition) is 3. The first-order chi connectivity index (χ1) is 9.63. The summed E-state index contributed by atoms with van der Waals surface area (Å²) in [6.07, 6.45) is 0.768. The van der Waals surface area contributed by atoms with Crippen LogP contribution < -0.4 is 0 Å². The molecule has 2 rings (SSSR count). The van der Waals surface area contributed by atoms with Gasteiger partial charge in [0.05, 0.1) is 11.1 Å². The quantitative estimate of drug-likeness (QED) is 0.683. The first-order valence-corrected chi connectivity index (χ1v) is 6.94. The van der Waals surface area contributed by atoms with Crippen molar-refractivity contribution in [2.75, 3.05) is 19.6 Å². The molecular weight excluding hydrogens is 270 g/mol. The fourth-order valence-corrected chi connectivity index (χ4v) is 2.47.